The lowest BCUT2D eigenvalue weighted by atomic mass is 10.1. The molecule has 0 spiro atoms. The number of methoxy groups -OCH3 is 1. The fraction of sp³-hybridized carbons (Fsp3) is 0.360. The topological polar surface area (TPSA) is 142 Å². The smallest absolute Gasteiger partial charge is 0.303 e. The number of amides is 2. The SMILES string of the molecule is COc1ccc(C(O)C(=O)N(CCCc2ccccc2)Cc2nc(C(=O)NS(=O)(=O)N(C)C)c(C)s2)cn1. The number of carbonyl (C=O) groups is 2. The van der Waals surface area contributed by atoms with Crippen LogP contribution in [0.25, 0.3) is 0 Å². The molecule has 2 N–H and O–H groups in total. The first-order valence-electron chi connectivity index (χ1n) is 11.7. The number of aliphatic hydroxyl groups is 1. The largest absolute Gasteiger partial charge is 0.481 e. The van der Waals surface area contributed by atoms with Crippen molar-refractivity contribution < 1.29 is 27.9 Å². The molecule has 0 bridgehead atoms. The van der Waals surface area contributed by atoms with Crippen molar-refractivity contribution >= 4 is 33.4 Å². The lowest BCUT2D eigenvalue weighted by Crippen LogP contribution is -2.39. The van der Waals surface area contributed by atoms with E-state index in [2.05, 4.69) is 9.97 Å². The zero-order valence-electron chi connectivity index (χ0n) is 21.6. The van der Waals surface area contributed by atoms with E-state index in [1.54, 1.807) is 19.1 Å². The summed E-state index contributed by atoms with van der Waals surface area (Å²) in [7, 11) is 0.0880. The minimum absolute atomic E-state index is 0.0352. The quantitative estimate of drug-likeness (QED) is 0.342. The van der Waals surface area contributed by atoms with Crippen molar-refractivity contribution in [1.82, 2.24) is 23.9 Å². The number of aromatic nitrogens is 2. The number of benzene rings is 1. The highest BCUT2D eigenvalue weighted by Crippen LogP contribution is 2.23. The summed E-state index contributed by atoms with van der Waals surface area (Å²) < 4.78 is 32.0. The van der Waals surface area contributed by atoms with Crippen molar-refractivity contribution in [2.75, 3.05) is 27.7 Å². The summed E-state index contributed by atoms with van der Waals surface area (Å²) in [5, 5.41) is 11.3. The van der Waals surface area contributed by atoms with E-state index in [1.807, 2.05) is 35.1 Å². The Bertz CT molecular complexity index is 1340. The summed E-state index contributed by atoms with van der Waals surface area (Å²) in [4.78, 5) is 36.3. The zero-order chi connectivity index (χ0) is 27.9. The van der Waals surface area contributed by atoms with Gasteiger partial charge in [0.15, 0.2) is 6.10 Å². The summed E-state index contributed by atoms with van der Waals surface area (Å²) in [6.07, 6.45) is 1.27. The highest BCUT2D eigenvalue weighted by Gasteiger charge is 2.27. The second kappa shape index (κ2) is 12.9. The summed E-state index contributed by atoms with van der Waals surface area (Å²) in [5.74, 6) is -1.04. The number of aliphatic hydroxyl groups excluding tert-OH is 1. The van der Waals surface area contributed by atoms with Crippen LogP contribution in [0.1, 0.15) is 44.0 Å². The van der Waals surface area contributed by atoms with Crippen molar-refractivity contribution in [3.63, 3.8) is 0 Å². The molecule has 2 heterocycles. The fourth-order valence-electron chi connectivity index (χ4n) is 3.53. The van der Waals surface area contributed by atoms with Gasteiger partial charge in [0, 0.05) is 43.3 Å². The molecule has 1 atom stereocenters. The molecular formula is C25H31N5O6S2. The molecule has 11 nitrogen and oxygen atoms in total. The van der Waals surface area contributed by atoms with Gasteiger partial charge in [0.1, 0.15) is 10.7 Å². The van der Waals surface area contributed by atoms with Crippen molar-refractivity contribution in [2.45, 2.75) is 32.4 Å². The molecule has 13 heteroatoms. The molecule has 2 aromatic heterocycles. The van der Waals surface area contributed by atoms with Gasteiger partial charge in [-0.25, -0.2) is 14.7 Å². The average molecular weight is 562 g/mol. The first-order valence-corrected chi connectivity index (χ1v) is 14.0. The summed E-state index contributed by atoms with van der Waals surface area (Å²) in [6.45, 7) is 2.01. The molecule has 38 heavy (non-hydrogen) atoms. The van der Waals surface area contributed by atoms with Crippen LogP contribution >= 0.6 is 11.3 Å². The van der Waals surface area contributed by atoms with Crippen LogP contribution in [0, 0.1) is 6.92 Å². The van der Waals surface area contributed by atoms with Gasteiger partial charge in [0.25, 0.3) is 11.8 Å². The molecule has 0 radical (unpaired) electrons. The van der Waals surface area contributed by atoms with Gasteiger partial charge in [0.05, 0.1) is 13.7 Å². The van der Waals surface area contributed by atoms with Crippen LogP contribution in [0.15, 0.2) is 48.7 Å². The second-order valence-corrected chi connectivity index (χ2v) is 11.8. The Morgan fingerprint density at radius 2 is 1.87 bits per heavy atom. The maximum atomic E-state index is 13.4. The Morgan fingerprint density at radius 1 is 1.16 bits per heavy atom. The predicted molar refractivity (Wildman–Crippen MR) is 143 cm³/mol. The maximum Gasteiger partial charge on any atom is 0.303 e. The van der Waals surface area contributed by atoms with Gasteiger partial charge in [-0.15, -0.1) is 11.3 Å². The summed E-state index contributed by atoms with van der Waals surface area (Å²) in [5.41, 5.74) is 1.39. The lowest BCUT2D eigenvalue weighted by Gasteiger charge is -2.24. The average Bonchev–Trinajstić information content (AvgIpc) is 3.27. The van der Waals surface area contributed by atoms with Gasteiger partial charge in [-0.05, 0) is 31.4 Å². The van der Waals surface area contributed by atoms with Gasteiger partial charge >= 0.3 is 10.2 Å². The van der Waals surface area contributed by atoms with Crippen LogP contribution in [0.3, 0.4) is 0 Å². The van der Waals surface area contributed by atoms with Crippen LogP contribution in [0.4, 0.5) is 0 Å². The second-order valence-electron chi connectivity index (χ2n) is 8.62. The normalized spacial score (nSPS) is 12.3. The van der Waals surface area contributed by atoms with E-state index in [4.69, 9.17) is 4.74 Å². The Balaban J connectivity index is 1.80. The molecule has 2 amide bonds. The molecule has 0 aliphatic heterocycles. The van der Waals surface area contributed by atoms with Crippen LogP contribution < -0.4 is 9.46 Å². The van der Waals surface area contributed by atoms with Crippen molar-refractivity contribution in [3.05, 3.63) is 75.4 Å². The van der Waals surface area contributed by atoms with E-state index < -0.39 is 28.1 Å². The molecule has 1 unspecified atom stereocenters. The molecule has 204 valence electrons. The molecule has 0 fully saturated rings. The van der Waals surface area contributed by atoms with Gasteiger partial charge < -0.3 is 14.7 Å². The third-order valence-electron chi connectivity index (χ3n) is 5.65. The lowest BCUT2D eigenvalue weighted by molar-refractivity contribution is -0.141. The molecule has 0 saturated carbocycles. The van der Waals surface area contributed by atoms with Gasteiger partial charge in [-0.2, -0.15) is 12.7 Å². The monoisotopic (exact) mass is 561 g/mol. The Kier molecular flexibility index (Phi) is 9.91. The van der Waals surface area contributed by atoms with E-state index in [1.165, 1.54) is 43.6 Å². The predicted octanol–water partition coefficient (Wildman–Crippen LogP) is 2.09. The highest BCUT2D eigenvalue weighted by atomic mass is 32.2. The first kappa shape index (κ1) is 29.2. The molecule has 0 aliphatic carbocycles. The van der Waals surface area contributed by atoms with Crippen LogP contribution in [0.5, 0.6) is 5.88 Å². The Labute approximate surface area is 226 Å². The van der Waals surface area contributed by atoms with Gasteiger partial charge in [0.2, 0.25) is 5.88 Å². The number of hydrogen-bond donors (Lipinski definition) is 2. The number of carbonyl (C=O) groups excluding carboxylic acids is 2. The van der Waals surface area contributed by atoms with Crippen LogP contribution in [0.2, 0.25) is 0 Å². The minimum Gasteiger partial charge on any atom is -0.481 e. The van der Waals surface area contributed by atoms with Crippen LogP contribution in [-0.2, 0) is 28.0 Å². The van der Waals surface area contributed by atoms with E-state index in [-0.39, 0.29) is 12.2 Å². The summed E-state index contributed by atoms with van der Waals surface area (Å²) >= 11 is 1.18. The maximum absolute atomic E-state index is 13.4. The molecule has 3 rings (SSSR count). The minimum atomic E-state index is -3.99. The highest BCUT2D eigenvalue weighted by molar-refractivity contribution is 7.87. The molecule has 3 aromatic rings. The molecule has 0 aliphatic rings. The van der Waals surface area contributed by atoms with Gasteiger partial charge in [-0.3, -0.25) is 9.59 Å². The molecule has 0 saturated heterocycles. The number of hydrogen-bond acceptors (Lipinski definition) is 9. The van der Waals surface area contributed by atoms with E-state index in [9.17, 15) is 23.1 Å². The molecular weight excluding hydrogens is 530 g/mol. The number of aryl methyl sites for hydroxylation is 2. The number of nitrogens with one attached hydrogen (secondary N) is 1. The van der Waals surface area contributed by atoms with Crippen molar-refractivity contribution in [1.29, 1.82) is 0 Å². The molecule has 1 aromatic carbocycles. The zero-order valence-corrected chi connectivity index (χ0v) is 23.3. The third kappa shape index (κ3) is 7.57. The van der Waals surface area contributed by atoms with E-state index in [0.29, 0.717) is 34.3 Å². The number of rotatable bonds is 12. The van der Waals surface area contributed by atoms with Crippen LogP contribution in [-0.4, -0.2) is 72.3 Å². The first-order chi connectivity index (χ1) is 18.0. The standard InChI is InChI=1S/C25H31N5O6S2/c1-17-22(24(32)28-38(34,35)29(2)3)27-21(37-17)16-30(14-8-11-18-9-6-5-7-10-18)25(33)23(31)19-12-13-20(36-4)26-15-19/h5-7,9-10,12-13,15,23,31H,8,11,14,16H2,1-4H3,(H,28,32). The van der Waals surface area contributed by atoms with E-state index in [0.717, 1.165) is 16.3 Å². The summed E-state index contributed by atoms with van der Waals surface area (Å²) in [6, 6.07) is 12.9. The Morgan fingerprint density at radius 3 is 2.47 bits per heavy atom. The number of ether oxygens (including phenoxy) is 1. The fourth-order valence-corrected chi connectivity index (χ4v) is 4.98. The van der Waals surface area contributed by atoms with Crippen molar-refractivity contribution in [3.8, 4) is 5.88 Å². The number of nitrogens with zero attached hydrogens (tertiary/aromatic N) is 4. The number of pyridine rings is 1. The third-order valence-corrected chi connectivity index (χ3v) is 8.01. The van der Waals surface area contributed by atoms with E-state index >= 15 is 0 Å². The number of thiazole rings is 1. The van der Waals surface area contributed by atoms with Gasteiger partial charge in [-0.1, -0.05) is 30.3 Å². The van der Waals surface area contributed by atoms with Crippen molar-refractivity contribution in [2.24, 2.45) is 0 Å². The Hall–Kier alpha value is -3.39.